The summed E-state index contributed by atoms with van der Waals surface area (Å²) in [7, 11) is 0. The van der Waals surface area contributed by atoms with E-state index in [9.17, 15) is 15.0 Å². The Morgan fingerprint density at radius 1 is 1.28 bits per heavy atom. The fraction of sp³-hybridized carbons (Fsp3) is 0.462. The van der Waals surface area contributed by atoms with Crippen molar-refractivity contribution in [2.75, 3.05) is 5.33 Å². The van der Waals surface area contributed by atoms with E-state index in [0.29, 0.717) is 28.4 Å². The highest BCUT2D eigenvalue weighted by atomic mass is 79.9. The second kappa shape index (κ2) is 6.31. The first-order valence-electron chi connectivity index (χ1n) is 5.65. The number of aliphatic hydroxyl groups excluding tert-OH is 2. The molecule has 0 spiro atoms. The summed E-state index contributed by atoms with van der Waals surface area (Å²) in [4.78, 5) is 11.0. The minimum Gasteiger partial charge on any atom is -0.478 e. The largest absolute Gasteiger partial charge is 0.478 e. The van der Waals surface area contributed by atoms with E-state index in [1.165, 1.54) is 0 Å². The first-order chi connectivity index (χ1) is 8.38. The second-order valence-electron chi connectivity index (χ2n) is 4.32. The Kier molecular flexibility index (Phi) is 5.31. The van der Waals surface area contributed by atoms with Crippen molar-refractivity contribution in [3.05, 3.63) is 34.4 Å². The van der Waals surface area contributed by atoms with Crippen LogP contribution in [0.5, 0.6) is 0 Å². The quantitative estimate of drug-likeness (QED) is 0.728. The summed E-state index contributed by atoms with van der Waals surface area (Å²) in [6.45, 7) is 3.37. The van der Waals surface area contributed by atoms with E-state index in [0.717, 1.165) is 0 Å². The molecule has 1 rings (SSSR count). The van der Waals surface area contributed by atoms with Gasteiger partial charge in [-0.2, -0.15) is 0 Å². The first kappa shape index (κ1) is 15.1. The van der Waals surface area contributed by atoms with Gasteiger partial charge < -0.3 is 15.3 Å². The van der Waals surface area contributed by atoms with Gasteiger partial charge in [-0.15, -0.1) is 0 Å². The molecule has 0 aromatic heterocycles. The number of aromatic carboxylic acids is 1. The number of hydrogen-bond donors (Lipinski definition) is 3. The van der Waals surface area contributed by atoms with Gasteiger partial charge >= 0.3 is 5.97 Å². The van der Waals surface area contributed by atoms with Gasteiger partial charge in [0.05, 0.1) is 11.7 Å². The molecule has 18 heavy (non-hydrogen) atoms. The monoisotopic (exact) mass is 316 g/mol. The lowest BCUT2D eigenvalue weighted by Crippen LogP contribution is -2.19. The normalized spacial score (nSPS) is 14.3. The predicted molar refractivity (Wildman–Crippen MR) is 72.3 cm³/mol. The topological polar surface area (TPSA) is 77.8 Å². The SMILES string of the molecule is Cc1cc(C(O)C(O)CCBr)cc(C)c1C(=O)O. The van der Waals surface area contributed by atoms with E-state index in [1.54, 1.807) is 26.0 Å². The average Bonchev–Trinajstić information content (AvgIpc) is 2.26. The van der Waals surface area contributed by atoms with Crippen molar-refractivity contribution < 1.29 is 20.1 Å². The van der Waals surface area contributed by atoms with Crippen LogP contribution in [-0.4, -0.2) is 32.7 Å². The van der Waals surface area contributed by atoms with E-state index in [1.807, 2.05) is 0 Å². The second-order valence-corrected chi connectivity index (χ2v) is 5.12. The number of rotatable bonds is 5. The molecule has 1 aromatic carbocycles. The van der Waals surface area contributed by atoms with Gasteiger partial charge in [-0.25, -0.2) is 4.79 Å². The standard InChI is InChI=1S/C13H17BrO4/c1-7-5-9(12(16)10(15)3-4-14)6-8(2)11(7)13(17)18/h5-6,10,12,15-16H,3-4H2,1-2H3,(H,17,18). The Bertz CT molecular complexity index is 422. The van der Waals surface area contributed by atoms with E-state index in [4.69, 9.17) is 5.11 Å². The third kappa shape index (κ3) is 3.31. The molecular weight excluding hydrogens is 300 g/mol. The number of carboxylic acid groups (broad SMARTS) is 1. The van der Waals surface area contributed by atoms with Crippen molar-refractivity contribution in [1.29, 1.82) is 0 Å². The fourth-order valence-electron chi connectivity index (χ4n) is 2.00. The van der Waals surface area contributed by atoms with Gasteiger partial charge in [0.1, 0.15) is 6.10 Å². The van der Waals surface area contributed by atoms with Crippen LogP contribution in [0.25, 0.3) is 0 Å². The van der Waals surface area contributed by atoms with Gasteiger partial charge in [-0.3, -0.25) is 0 Å². The summed E-state index contributed by atoms with van der Waals surface area (Å²) in [5.41, 5.74) is 1.97. The van der Waals surface area contributed by atoms with Crippen molar-refractivity contribution >= 4 is 21.9 Å². The molecule has 0 amide bonds. The highest BCUT2D eigenvalue weighted by molar-refractivity contribution is 9.09. The number of carbonyl (C=O) groups is 1. The zero-order chi connectivity index (χ0) is 13.9. The predicted octanol–water partition coefficient (Wildman–Crippen LogP) is 2.18. The number of halogens is 1. The van der Waals surface area contributed by atoms with Crippen LogP contribution in [0.2, 0.25) is 0 Å². The highest BCUT2D eigenvalue weighted by Crippen LogP contribution is 2.24. The smallest absolute Gasteiger partial charge is 0.336 e. The van der Waals surface area contributed by atoms with E-state index in [2.05, 4.69) is 15.9 Å². The molecular formula is C13H17BrO4. The van der Waals surface area contributed by atoms with Gasteiger partial charge in [-0.05, 0) is 37.0 Å². The molecule has 0 aliphatic rings. The molecule has 0 aliphatic heterocycles. The van der Waals surface area contributed by atoms with E-state index >= 15 is 0 Å². The number of hydrogen-bond acceptors (Lipinski definition) is 3. The van der Waals surface area contributed by atoms with Gasteiger partial charge in [0, 0.05) is 5.33 Å². The molecule has 3 N–H and O–H groups in total. The maximum Gasteiger partial charge on any atom is 0.336 e. The number of benzene rings is 1. The molecule has 0 bridgehead atoms. The zero-order valence-electron chi connectivity index (χ0n) is 10.4. The lowest BCUT2D eigenvalue weighted by atomic mass is 9.94. The lowest BCUT2D eigenvalue weighted by molar-refractivity contribution is 0.0173. The van der Waals surface area contributed by atoms with Gasteiger partial charge in [0.25, 0.3) is 0 Å². The Morgan fingerprint density at radius 3 is 2.17 bits per heavy atom. The summed E-state index contributed by atoms with van der Waals surface area (Å²) in [5, 5.41) is 29.4. The molecule has 1 aromatic rings. The number of carboxylic acids is 1. The van der Waals surface area contributed by atoms with Gasteiger partial charge in [0.15, 0.2) is 0 Å². The van der Waals surface area contributed by atoms with E-state index in [-0.39, 0.29) is 5.56 Å². The maximum absolute atomic E-state index is 11.0. The first-order valence-corrected chi connectivity index (χ1v) is 6.77. The summed E-state index contributed by atoms with van der Waals surface area (Å²) >= 11 is 3.20. The number of alkyl halides is 1. The summed E-state index contributed by atoms with van der Waals surface area (Å²) in [6, 6.07) is 3.22. The summed E-state index contributed by atoms with van der Waals surface area (Å²) in [6.07, 6.45) is -1.43. The molecule has 0 saturated carbocycles. The van der Waals surface area contributed by atoms with Gasteiger partial charge in [0.2, 0.25) is 0 Å². The summed E-state index contributed by atoms with van der Waals surface area (Å²) < 4.78 is 0. The van der Waals surface area contributed by atoms with Crippen LogP contribution in [-0.2, 0) is 0 Å². The maximum atomic E-state index is 11.0. The lowest BCUT2D eigenvalue weighted by Gasteiger charge is -2.19. The minimum absolute atomic E-state index is 0.251. The Labute approximate surface area is 114 Å². The average molecular weight is 317 g/mol. The number of aliphatic hydroxyl groups is 2. The molecule has 2 atom stereocenters. The van der Waals surface area contributed by atoms with Crippen LogP contribution in [0.15, 0.2) is 12.1 Å². The molecule has 2 unspecified atom stereocenters. The van der Waals surface area contributed by atoms with Crippen molar-refractivity contribution in [3.8, 4) is 0 Å². The van der Waals surface area contributed by atoms with E-state index < -0.39 is 18.2 Å². The fourth-order valence-corrected chi connectivity index (χ4v) is 2.47. The van der Waals surface area contributed by atoms with Crippen molar-refractivity contribution in [1.82, 2.24) is 0 Å². The van der Waals surface area contributed by atoms with Crippen LogP contribution in [0.1, 0.15) is 39.6 Å². The van der Waals surface area contributed by atoms with Crippen molar-refractivity contribution in [2.24, 2.45) is 0 Å². The molecule has 0 radical (unpaired) electrons. The van der Waals surface area contributed by atoms with Crippen molar-refractivity contribution in [2.45, 2.75) is 32.5 Å². The molecule has 100 valence electrons. The summed E-state index contributed by atoms with van der Waals surface area (Å²) in [5.74, 6) is -0.980. The highest BCUT2D eigenvalue weighted by Gasteiger charge is 2.20. The van der Waals surface area contributed by atoms with Crippen LogP contribution in [0, 0.1) is 13.8 Å². The van der Waals surface area contributed by atoms with Crippen LogP contribution >= 0.6 is 15.9 Å². The van der Waals surface area contributed by atoms with Crippen LogP contribution < -0.4 is 0 Å². The third-order valence-corrected chi connectivity index (χ3v) is 3.34. The van der Waals surface area contributed by atoms with Gasteiger partial charge in [-0.1, -0.05) is 28.1 Å². The van der Waals surface area contributed by atoms with Crippen LogP contribution in [0.4, 0.5) is 0 Å². The van der Waals surface area contributed by atoms with Crippen molar-refractivity contribution in [3.63, 3.8) is 0 Å². The Morgan fingerprint density at radius 2 is 1.78 bits per heavy atom. The molecule has 0 fully saturated rings. The zero-order valence-corrected chi connectivity index (χ0v) is 11.9. The molecule has 5 heteroatoms. The number of aryl methyl sites for hydroxylation is 2. The minimum atomic E-state index is -0.997. The van der Waals surface area contributed by atoms with Crippen LogP contribution in [0.3, 0.4) is 0 Å². The molecule has 0 aliphatic carbocycles. The Balaban J connectivity index is 3.10. The Hall–Kier alpha value is -0.910. The molecule has 0 saturated heterocycles. The molecule has 0 heterocycles. The third-order valence-electron chi connectivity index (χ3n) is 2.88. The molecule has 4 nitrogen and oxygen atoms in total.